The second kappa shape index (κ2) is 6.41. The lowest BCUT2D eigenvalue weighted by molar-refractivity contribution is 0.0784. The zero-order chi connectivity index (χ0) is 14.7. The van der Waals surface area contributed by atoms with Gasteiger partial charge in [-0.05, 0) is 45.8 Å². The first-order valence-corrected chi connectivity index (χ1v) is 7.61. The van der Waals surface area contributed by atoms with Gasteiger partial charge in [0.25, 0.3) is 5.91 Å². The summed E-state index contributed by atoms with van der Waals surface area (Å²) >= 11 is 6.76. The number of carbonyl (C=O) groups excluding carboxylic acids is 1. The van der Waals surface area contributed by atoms with Gasteiger partial charge in [0.15, 0.2) is 0 Å². The molecule has 20 heavy (non-hydrogen) atoms. The minimum absolute atomic E-state index is 0.0629. The van der Waals surface area contributed by atoms with E-state index in [1.165, 1.54) is 0 Å². The molecule has 0 spiro atoms. The molecule has 0 heterocycles. The molecule has 2 rings (SSSR count). The van der Waals surface area contributed by atoms with E-state index in [1.54, 1.807) is 30.1 Å². The van der Waals surface area contributed by atoms with Gasteiger partial charge >= 0.3 is 0 Å². The maximum atomic E-state index is 12.4. The zero-order valence-electron chi connectivity index (χ0n) is 10.9. The normalized spacial score (nSPS) is 10.3. The minimum atomic E-state index is -0.0629. The fourth-order valence-corrected chi connectivity index (χ4v) is 2.55. The predicted octanol–water partition coefficient (Wildman–Crippen LogP) is 4.07. The van der Waals surface area contributed by atoms with E-state index in [2.05, 4.69) is 31.9 Å². The third-order valence-electron chi connectivity index (χ3n) is 2.94. The fraction of sp³-hybridized carbons (Fsp3) is 0.133. The Morgan fingerprint density at radius 2 is 1.80 bits per heavy atom. The van der Waals surface area contributed by atoms with Crippen molar-refractivity contribution in [2.24, 2.45) is 0 Å². The second-order valence-corrected chi connectivity index (χ2v) is 6.21. The standard InChI is InChI=1S/C15H14Br2N2O/c1-19(9-10-5-7-11(16)8-6-10)15(20)12-3-2-4-13(18)14(12)17/h2-8H,9,18H2,1H3. The second-order valence-electron chi connectivity index (χ2n) is 4.50. The molecule has 1 amide bonds. The highest BCUT2D eigenvalue weighted by Gasteiger charge is 2.16. The van der Waals surface area contributed by atoms with Crippen LogP contribution in [0, 0.1) is 0 Å². The van der Waals surface area contributed by atoms with E-state index in [0.717, 1.165) is 10.0 Å². The number of nitrogens with two attached hydrogens (primary N) is 1. The Morgan fingerprint density at radius 1 is 1.15 bits per heavy atom. The van der Waals surface area contributed by atoms with Gasteiger partial charge in [-0.3, -0.25) is 4.79 Å². The molecule has 0 aliphatic rings. The van der Waals surface area contributed by atoms with Crippen molar-refractivity contribution in [1.29, 1.82) is 0 Å². The van der Waals surface area contributed by atoms with Crippen LogP contribution in [0.5, 0.6) is 0 Å². The van der Waals surface area contributed by atoms with Gasteiger partial charge in [-0.2, -0.15) is 0 Å². The van der Waals surface area contributed by atoms with Gasteiger partial charge in [0.2, 0.25) is 0 Å². The molecular weight excluding hydrogens is 384 g/mol. The molecular formula is C15H14Br2N2O. The molecule has 3 nitrogen and oxygen atoms in total. The number of halogens is 2. The number of carbonyl (C=O) groups is 1. The number of amides is 1. The lowest BCUT2D eigenvalue weighted by Gasteiger charge is -2.18. The maximum absolute atomic E-state index is 12.4. The average Bonchev–Trinajstić information content (AvgIpc) is 2.43. The Bertz CT molecular complexity index is 626. The Kier molecular flexibility index (Phi) is 4.83. The summed E-state index contributed by atoms with van der Waals surface area (Å²) in [6.07, 6.45) is 0. The summed E-state index contributed by atoms with van der Waals surface area (Å²) in [4.78, 5) is 14.1. The Labute approximate surface area is 135 Å². The van der Waals surface area contributed by atoms with Crippen molar-refractivity contribution in [2.45, 2.75) is 6.54 Å². The molecule has 0 aromatic heterocycles. The molecule has 0 aliphatic heterocycles. The molecule has 0 saturated heterocycles. The molecule has 2 N–H and O–H groups in total. The van der Waals surface area contributed by atoms with Gasteiger partial charge in [0, 0.05) is 23.8 Å². The van der Waals surface area contributed by atoms with Gasteiger partial charge in [-0.1, -0.05) is 34.1 Å². The van der Waals surface area contributed by atoms with Crippen LogP contribution in [-0.4, -0.2) is 17.9 Å². The largest absolute Gasteiger partial charge is 0.398 e. The topological polar surface area (TPSA) is 46.3 Å². The van der Waals surface area contributed by atoms with Crippen LogP contribution in [-0.2, 0) is 6.54 Å². The molecule has 0 radical (unpaired) electrons. The third-order valence-corrected chi connectivity index (χ3v) is 4.35. The number of nitrogens with zero attached hydrogens (tertiary/aromatic N) is 1. The van der Waals surface area contributed by atoms with E-state index in [1.807, 2.05) is 24.3 Å². The van der Waals surface area contributed by atoms with Crippen LogP contribution in [0.15, 0.2) is 51.4 Å². The van der Waals surface area contributed by atoms with Crippen molar-refractivity contribution in [2.75, 3.05) is 12.8 Å². The maximum Gasteiger partial charge on any atom is 0.255 e. The number of rotatable bonds is 3. The van der Waals surface area contributed by atoms with Crippen LogP contribution in [0.3, 0.4) is 0 Å². The van der Waals surface area contributed by atoms with E-state index in [0.29, 0.717) is 22.3 Å². The quantitative estimate of drug-likeness (QED) is 0.793. The summed E-state index contributed by atoms with van der Waals surface area (Å²) in [7, 11) is 1.78. The van der Waals surface area contributed by atoms with Crippen LogP contribution >= 0.6 is 31.9 Å². The Hall–Kier alpha value is -1.33. The van der Waals surface area contributed by atoms with Crippen LogP contribution in [0.4, 0.5) is 5.69 Å². The lowest BCUT2D eigenvalue weighted by Crippen LogP contribution is -2.26. The molecule has 0 fully saturated rings. The van der Waals surface area contributed by atoms with Gasteiger partial charge in [0.05, 0.1) is 10.0 Å². The Morgan fingerprint density at radius 3 is 2.45 bits per heavy atom. The van der Waals surface area contributed by atoms with Gasteiger partial charge < -0.3 is 10.6 Å². The van der Waals surface area contributed by atoms with Crippen LogP contribution in [0.2, 0.25) is 0 Å². The first-order valence-electron chi connectivity index (χ1n) is 6.03. The lowest BCUT2D eigenvalue weighted by atomic mass is 10.1. The number of hydrogen-bond acceptors (Lipinski definition) is 2. The van der Waals surface area contributed by atoms with Crippen LogP contribution in [0.25, 0.3) is 0 Å². The van der Waals surface area contributed by atoms with Crippen molar-refractivity contribution in [3.05, 3.63) is 62.5 Å². The zero-order valence-corrected chi connectivity index (χ0v) is 14.1. The van der Waals surface area contributed by atoms with Crippen LogP contribution < -0.4 is 5.73 Å². The first-order chi connectivity index (χ1) is 9.49. The number of benzene rings is 2. The third kappa shape index (κ3) is 3.41. The van der Waals surface area contributed by atoms with Gasteiger partial charge in [-0.25, -0.2) is 0 Å². The molecule has 0 saturated carbocycles. The summed E-state index contributed by atoms with van der Waals surface area (Å²) in [5.41, 5.74) is 8.01. The van der Waals surface area contributed by atoms with E-state index in [9.17, 15) is 4.79 Å². The molecule has 0 atom stereocenters. The molecule has 0 unspecified atom stereocenters. The molecule has 5 heteroatoms. The van der Waals surface area contributed by atoms with E-state index in [4.69, 9.17) is 5.73 Å². The van der Waals surface area contributed by atoms with E-state index in [-0.39, 0.29) is 5.91 Å². The van der Waals surface area contributed by atoms with Crippen molar-refractivity contribution in [1.82, 2.24) is 4.90 Å². The molecule has 0 aliphatic carbocycles. The summed E-state index contributed by atoms with van der Waals surface area (Å²) in [6.45, 7) is 0.549. The van der Waals surface area contributed by atoms with E-state index < -0.39 is 0 Å². The molecule has 2 aromatic carbocycles. The number of nitrogen functional groups attached to an aromatic ring is 1. The highest BCUT2D eigenvalue weighted by Crippen LogP contribution is 2.25. The smallest absolute Gasteiger partial charge is 0.255 e. The monoisotopic (exact) mass is 396 g/mol. The minimum Gasteiger partial charge on any atom is -0.398 e. The molecule has 2 aromatic rings. The summed E-state index contributed by atoms with van der Waals surface area (Å²) in [5.74, 6) is -0.0629. The molecule has 104 valence electrons. The fourth-order valence-electron chi connectivity index (χ4n) is 1.86. The summed E-state index contributed by atoms with van der Waals surface area (Å²) < 4.78 is 1.67. The summed E-state index contributed by atoms with van der Waals surface area (Å²) in [5, 5.41) is 0. The van der Waals surface area contributed by atoms with Crippen molar-refractivity contribution >= 4 is 43.5 Å². The Balaban J connectivity index is 2.16. The first kappa shape index (κ1) is 15.1. The SMILES string of the molecule is CN(Cc1ccc(Br)cc1)C(=O)c1cccc(N)c1Br. The average molecular weight is 398 g/mol. The van der Waals surface area contributed by atoms with Crippen molar-refractivity contribution in [3.63, 3.8) is 0 Å². The van der Waals surface area contributed by atoms with Crippen LogP contribution in [0.1, 0.15) is 15.9 Å². The predicted molar refractivity (Wildman–Crippen MR) is 88.5 cm³/mol. The van der Waals surface area contributed by atoms with Gasteiger partial charge in [0.1, 0.15) is 0 Å². The highest BCUT2D eigenvalue weighted by atomic mass is 79.9. The van der Waals surface area contributed by atoms with Crippen molar-refractivity contribution in [3.8, 4) is 0 Å². The molecule has 0 bridgehead atoms. The highest BCUT2D eigenvalue weighted by molar-refractivity contribution is 9.11. The van der Waals surface area contributed by atoms with E-state index >= 15 is 0 Å². The van der Waals surface area contributed by atoms with Crippen molar-refractivity contribution < 1.29 is 4.79 Å². The summed E-state index contributed by atoms with van der Waals surface area (Å²) in [6, 6.07) is 13.2. The number of anilines is 1. The number of hydrogen-bond donors (Lipinski definition) is 1. The van der Waals surface area contributed by atoms with Gasteiger partial charge in [-0.15, -0.1) is 0 Å².